The van der Waals surface area contributed by atoms with E-state index in [1.165, 1.54) is 16.8 Å². The minimum Gasteiger partial charge on any atom is -0.424 e. The molecule has 0 radical (unpaired) electrons. The van der Waals surface area contributed by atoms with E-state index in [9.17, 15) is 5.11 Å². The molecule has 2 aliphatic heterocycles. The third-order valence-corrected chi connectivity index (χ3v) is 5.53. The van der Waals surface area contributed by atoms with Crippen LogP contribution in [0.1, 0.15) is 22.9 Å². The summed E-state index contributed by atoms with van der Waals surface area (Å²) < 4.78 is 5.46. The zero-order chi connectivity index (χ0) is 18.3. The minimum atomic E-state index is -0.371. The number of benzene rings is 1. The Hall–Kier alpha value is -1.96. The number of hydrogen-bond donors (Lipinski definition) is 1. The fourth-order valence-electron chi connectivity index (χ4n) is 4.12. The number of hydrogen-bond acceptors (Lipinski definition) is 7. The van der Waals surface area contributed by atoms with Gasteiger partial charge >= 0.3 is 0 Å². The topological polar surface area (TPSA) is 68.9 Å². The lowest BCUT2D eigenvalue weighted by Crippen LogP contribution is -2.40. The fourth-order valence-corrected chi connectivity index (χ4v) is 4.12. The van der Waals surface area contributed by atoms with Crippen molar-refractivity contribution in [3.05, 3.63) is 41.1 Å². The molecule has 1 saturated heterocycles. The van der Waals surface area contributed by atoms with Crippen LogP contribution in [0.15, 0.2) is 22.6 Å². The molecule has 4 rings (SSSR count). The normalized spacial score (nSPS) is 23.2. The Morgan fingerprint density at radius 3 is 2.92 bits per heavy atom. The molecule has 7 nitrogen and oxygen atoms in total. The van der Waals surface area contributed by atoms with Crippen LogP contribution in [0.5, 0.6) is 0 Å². The van der Waals surface area contributed by atoms with Crippen molar-refractivity contribution in [2.45, 2.75) is 38.6 Å². The summed E-state index contributed by atoms with van der Waals surface area (Å²) in [7, 11) is 4.15. The van der Waals surface area contributed by atoms with Crippen molar-refractivity contribution >= 4 is 5.69 Å². The molecular weight excluding hydrogens is 330 g/mol. The predicted octanol–water partition coefficient (Wildman–Crippen LogP) is 1.05. The minimum absolute atomic E-state index is 0.0720. The van der Waals surface area contributed by atoms with Crippen LogP contribution in [-0.2, 0) is 19.5 Å². The van der Waals surface area contributed by atoms with Gasteiger partial charge in [-0.25, -0.2) is 0 Å². The summed E-state index contributed by atoms with van der Waals surface area (Å²) in [5.74, 6) is 1.17. The monoisotopic (exact) mass is 357 g/mol. The van der Waals surface area contributed by atoms with Gasteiger partial charge in [-0.2, -0.15) is 0 Å². The molecule has 0 amide bonds. The first-order valence-corrected chi connectivity index (χ1v) is 9.22. The first-order chi connectivity index (χ1) is 12.5. The van der Waals surface area contributed by atoms with E-state index in [2.05, 4.69) is 50.1 Å². The first kappa shape index (κ1) is 17.5. The van der Waals surface area contributed by atoms with Gasteiger partial charge in [0, 0.05) is 51.9 Å². The summed E-state index contributed by atoms with van der Waals surface area (Å²) in [6.07, 6.45) is 0.752. The number of likely N-dealkylation sites (tertiary alicyclic amines) is 1. The molecule has 0 saturated carbocycles. The number of aryl methyl sites for hydroxylation is 1. The number of likely N-dealkylation sites (N-methyl/N-ethyl adjacent to an activating group) is 2. The van der Waals surface area contributed by atoms with Crippen LogP contribution in [0.2, 0.25) is 0 Å². The largest absolute Gasteiger partial charge is 0.424 e. The van der Waals surface area contributed by atoms with Crippen LogP contribution in [0.3, 0.4) is 0 Å². The average molecular weight is 357 g/mol. The van der Waals surface area contributed by atoms with Gasteiger partial charge in [0.25, 0.3) is 0 Å². The molecule has 0 aliphatic carbocycles. The van der Waals surface area contributed by atoms with E-state index in [1.807, 2.05) is 7.05 Å². The Labute approximate surface area is 154 Å². The second-order valence-electron chi connectivity index (χ2n) is 7.59. The highest BCUT2D eigenvalue weighted by Gasteiger charge is 2.34. The third kappa shape index (κ3) is 3.47. The van der Waals surface area contributed by atoms with E-state index < -0.39 is 0 Å². The fraction of sp³-hybridized carbons (Fsp3) is 0.579. The van der Waals surface area contributed by atoms with Crippen molar-refractivity contribution in [2.75, 3.05) is 38.6 Å². The van der Waals surface area contributed by atoms with Gasteiger partial charge in [0.05, 0.1) is 12.6 Å². The summed E-state index contributed by atoms with van der Waals surface area (Å²) >= 11 is 0. The van der Waals surface area contributed by atoms with Crippen molar-refractivity contribution < 1.29 is 9.52 Å². The molecule has 7 heteroatoms. The van der Waals surface area contributed by atoms with Gasteiger partial charge in [-0.3, -0.25) is 9.80 Å². The summed E-state index contributed by atoms with van der Waals surface area (Å²) in [5, 5.41) is 18.4. The molecule has 26 heavy (non-hydrogen) atoms. The second-order valence-corrected chi connectivity index (χ2v) is 7.59. The van der Waals surface area contributed by atoms with E-state index in [4.69, 9.17) is 4.42 Å². The summed E-state index contributed by atoms with van der Waals surface area (Å²) in [6.45, 7) is 5.84. The number of aliphatic hydroxyl groups is 1. The highest BCUT2D eigenvalue weighted by atomic mass is 16.4. The maximum Gasteiger partial charge on any atom is 0.230 e. The van der Waals surface area contributed by atoms with Crippen molar-refractivity contribution in [3.8, 4) is 0 Å². The lowest BCUT2D eigenvalue weighted by Gasteiger charge is -2.25. The quantitative estimate of drug-likeness (QED) is 0.858. The Balaban J connectivity index is 1.37. The maximum atomic E-state index is 10.5. The molecule has 0 bridgehead atoms. The zero-order valence-corrected chi connectivity index (χ0v) is 15.7. The number of β-amino-alcohol motifs (C(OH)–C–C–N with tert-alkyl or cyclic N) is 1. The lowest BCUT2D eigenvalue weighted by atomic mass is 10.1. The van der Waals surface area contributed by atoms with Crippen LogP contribution in [-0.4, -0.2) is 71.0 Å². The van der Waals surface area contributed by atoms with Crippen LogP contribution >= 0.6 is 0 Å². The third-order valence-electron chi connectivity index (χ3n) is 5.53. The molecule has 2 atom stereocenters. The maximum absolute atomic E-state index is 10.5. The molecule has 1 fully saturated rings. The Morgan fingerprint density at radius 1 is 1.31 bits per heavy atom. The van der Waals surface area contributed by atoms with E-state index in [0.29, 0.717) is 24.9 Å². The highest BCUT2D eigenvalue weighted by Crippen LogP contribution is 2.28. The van der Waals surface area contributed by atoms with Crippen LogP contribution < -0.4 is 4.90 Å². The Morgan fingerprint density at radius 2 is 2.15 bits per heavy atom. The summed E-state index contributed by atoms with van der Waals surface area (Å²) in [4.78, 5) is 6.74. The zero-order valence-electron chi connectivity index (χ0n) is 15.7. The number of aromatic nitrogens is 2. The van der Waals surface area contributed by atoms with E-state index in [-0.39, 0.29) is 12.1 Å². The van der Waals surface area contributed by atoms with Gasteiger partial charge < -0.3 is 14.4 Å². The molecule has 3 heterocycles. The Bertz CT molecular complexity index is 777. The SMILES string of the molecule is Cc1nnc(CN(C)[C@H]2CN(Cc3ccc4c(c3)CCN4C)C[C@H]2O)o1. The summed E-state index contributed by atoms with van der Waals surface area (Å²) in [6, 6.07) is 6.84. The van der Waals surface area contributed by atoms with Gasteiger partial charge in [0.2, 0.25) is 11.8 Å². The Kier molecular flexibility index (Phi) is 4.69. The molecule has 1 aromatic carbocycles. The van der Waals surface area contributed by atoms with Gasteiger partial charge in [-0.05, 0) is 30.7 Å². The molecule has 1 N–H and O–H groups in total. The number of aliphatic hydroxyl groups excluding tert-OH is 1. The average Bonchev–Trinajstić information content (AvgIpc) is 3.28. The smallest absolute Gasteiger partial charge is 0.230 e. The standard InChI is InChI=1S/C19H27N5O2/c1-13-20-21-19(26-13)12-23(3)17-10-24(11-18(17)25)9-14-4-5-16-15(8-14)6-7-22(16)2/h4-5,8,17-18,25H,6-7,9-12H2,1-3H3/t17-,18+/m0/s1. The molecular formula is C19H27N5O2. The molecule has 0 unspecified atom stereocenters. The van der Waals surface area contributed by atoms with E-state index in [0.717, 1.165) is 26.1 Å². The number of nitrogens with zero attached hydrogens (tertiary/aromatic N) is 5. The molecule has 2 aliphatic rings. The first-order valence-electron chi connectivity index (χ1n) is 9.22. The highest BCUT2D eigenvalue weighted by molar-refractivity contribution is 5.58. The predicted molar refractivity (Wildman–Crippen MR) is 99.0 cm³/mol. The molecule has 140 valence electrons. The van der Waals surface area contributed by atoms with Crippen LogP contribution in [0.4, 0.5) is 5.69 Å². The van der Waals surface area contributed by atoms with Gasteiger partial charge in [-0.1, -0.05) is 12.1 Å². The lowest BCUT2D eigenvalue weighted by molar-refractivity contribution is 0.0899. The molecule has 2 aromatic rings. The number of fused-ring (bicyclic) bond motifs is 1. The van der Waals surface area contributed by atoms with Crippen molar-refractivity contribution in [3.63, 3.8) is 0 Å². The van der Waals surface area contributed by atoms with Crippen molar-refractivity contribution in [1.82, 2.24) is 20.0 Å². The molecule has 0 spiro atoms. The second kappa shape index (κ2) is 6.98. The van der Waals surface area contributed by atoms with Gasteiger partial charge in [0.15, 0.2) is 0 Å². The van der Waals surface area contributed by atoms with Crippen molar-refractivity contribution in [2.24, 2.45) is 0 Å². The van der Waals surface area contributed by atoms with Crippen LogP contribution in [0, 0.1) is 6.92 Å². The van der Waals surface area contributed by atoms with Gasteiger partial charge in [-0.15, -0.1) is 10.2 Å². The van der Waals surface area contributed by atoms with Crippen molar-refractivity contribution in [1.29, 1.82) is 0 Å². The number of anilines is 1. The van der Waals surface area contributed by atoms with E-state index in [1.54, 1.807) is 6.92 Å². The van der Waals surface area contributed by atoms with E-state index >= 15 is 0 Å². The number of rotatable bonds is 5. The molecule has 1 aromatic heterocycles. The van der Waals surface area contributed by atoms with Crippen LogP contribution in [0.25, 0.3) is 0 Å². The van der Waals surface area contributed by atoms with Gasteiger partial charge in [0.1, 0.15) is 0 Å². The summed E-state index contributed by atoms with van der Waals surface area (Å²) in [5.41, 5.74) is 4.11.